The minimum absolute atomic E-state index is 0.197. The number of hydrogen-bond donors (Lipinski definition) is 2. The first-order valence-corrected chi connectivity index (χ1v) is 3.28. The van der Waals surface area contributed by atoms with E-state index in [4.69, 9.17) is 5.73 Å². The summed E-state index contributed by atoms with van der Waals surface area (Å²) in [5.41, 5.74) is 4.09. The summed E-state index contributed by atoms with van der Waals surface area (Å²) in [4.78, 5) is 0. The van der Waals surface area contributed by atoms with Crippen LogP contribution in [0.3, 0.4) is 0 Å². The quantitative estimate of drug-likeness (QED) is 0.713. The highest BCUT2D eigenvalue weighted by atomic mass is 79.9. The Labute approximate surface area is 67.9 Å². The Morgan fingerprint density at radius 3 is 2.18 bits per heavy atom. The number of H-pyrrole nitrogens is 1. The molecule has 0 atom stereocenters. The summed E-state index contributed by atoms with van der Waals surface area (Å²) in [6.07, 6.45) is -4.44. The molecule has 0 aliphatic heterocycles. The predicted molar refractivity (Wildman–Crippen MR) is 35.7 cm³/mol. The van der Waals surface area contributed by atoms with Crippen molar-refractivity contribution >= 4 is 21.7 Å². The molecule has 0 saturated carbocycles. The van der Waals surface area contributed by atoms with E-state index >= 15 is 0 Å². The van der Waals surface area contributed by atoms with Gasteiger partial charge in [0.1, 0.15) is 0 Å². The van der Waals surface area contributed by atoms with E-state index < -0.39 is 11.9 Å². The van der Waals surface area contributed by atoms with E-state index in [2.05, 4.69) is 21.0 Å². The number of alkyl halides is 3. The summed E-state index contributed by atoms with van der Waals surface area (Å²) in [5.74, 6) is -0.197. The molecular weight excluding hydrogens is 227 g/mol. The lowest BCUT2D eigenvalue weighted by Crippen LogP contribution is -2.06. The molecule has 62 valence electrons. The number of rotatable bonds is 0. The third-order valence-electron chi connectivity index (χ3n) is 1.02. The largest absolute Gasteiger partial charge is 0.434 e. The number of nitrogens with zero attached hydrogens (tertiary/aromatic N) is 1. The first kappa shape index (κ1) is 8.38. The highest BCUT2D eigenvalue weighted by Gasteiger charge is 2.36. The zero-order chi connectivity index (χ0) is 8.65. The van der Waals surface area contributed by atoms with E-state index in [0.717, 1.165) is 0 Å². The van der Waals surface area contributed by atoms with Gasteiger partial charge in [0.05, 0.1) is 4.47 Å². The van der Waals surface area contributed by atoms with E-state index in [-0.39, 0.29) is 10.3 Å². The maximum absolute atomic E-state index is 11.9. The molecule has 0 aliphatic carbocycles. The lowest BCUT2D eigenvalue weighted by molar-refractivity contribution is -0.141. The third kappa shape index (κ3) is 1.47. The SMILES string of the molecule is Nc1n[nH]c(C(F)(F)F)c1Br. The molecule has 3 nitrogen and oxygen atoms in total. The van der Waals surface area contributed by atoms with Gasteiger partial charge in [0.2, 0.25) is 0 Å². The van der Waals surface area contributed by atoms with Gasteiger partial charge in [0, 0.05) is 0 Å². The molecule has 1 rings (SSSR count). The predicted octanol–water partition coefficient (Wildman–Crippen LogP) is 1.77. The summed E-state index contributed by atoms with van der Waals surface area (Å²) in [6.45, 7) is 0. The Bertz CT molecular complexity index is 266. The van der Waals surface area contributed by atoms with Crippen molar-refractivity contribution in [1.82, 2.24) is 10.2 Å². The van der Waals surface area contributed by atoms with Gasteiger partial charge in [-0.15, -0.1) is 0 Å². The zero-order valence-corrected chi connectivity index (χ0v) is 6.62. The molecule has 0 unspecified atom stereocenters. The summed E-state index contributed by atoms with van der Waals surface area (Å²) < 4.78 is 35.5. The van der Waals surface area contributed by atoms with Crippen LogP contribution in [-0.2, 0) is 6.18 Å². The fourth-order valence-corrected chi connectivity index (χ4v) is 0.932. The molecule has 1 heterocycles. The van der Waals surface area contributed by atoms with Crippen LogP contribution in [0.1, 0.15) is 5.69 Å². The number of aromatic amines is 1. The second-order valence-electron chi connectivity index (χ2n) is 1.80. The first-order valence-electron chi connectivity index (χ1n) is 2.49. The van der Waals surface area contributed by atoms with E-state index in [1.54, 1.807) is 5.10 Å². The molecule has 1 aromatic heterocycles. The molecule has 3 N–H and O–H groups in total. The van der Waals surface area contributed by atoms with Crippen LogP contribution in [0.4, 0.5) is 19.0 Å². The average Bonchev–Trinajstić information content (AvgIpc) is 2.11. The van der Waals surface area contributed by atoms with Crippen LogP contribution in [-0.4, -0.2) is 10.2 Å². The highest BCUT2D eigenvalue weighted by molar-refractivity contribution is 9.10. The second-order valence-corrected chi connectivity index (χ2v) is 2.59. The van der Waals surface area contributed by atoms with Gasteiger partial charge in [-0.05, 0) is 15.9 Å². The van der Waals surface area contributed by atoms with Crippen LogP contribution in [0.5, 0.6) is 0 Å². The molecule has 0 spiro atoms. The van der Waals surface area contributed by atoms with E-state index in [1.165, 1.54) is 0 Å². The molecule has 0 aliphatic rings. The molecule has 0 radical (unpaired) electrons. The van der Waals surface area contributed by atoms with Crippen molar-refractivity contribution < 1.29 is 13.2 Å². The molecule has 0 amide bonds. The zero-order valence-electron chi connectivity index (χ0n) is 5.04. The van der Waals surface area contributed by atoms with Gasteiger partial charge in [0.25, 0.3) is 0 Å². The number of nitrogen functional groups attached to an aromatic ring is 1. The summed E-state index contributed by atoms with van der Waals surface area (Å²) in [5, 5.41) is 4.94. The maximum Gasteiger partial charge on any atom is 0.434 e. The number of hydrogen-bond acceptors (Lipinski definition) is 2. The van der Waals surface area contributed by atoms with Crippen molar-refractivity contribution in [3.05, 3.63) is 10.2 Å². The highest BCUT2D eigenvalue weighted by Crippen LogP contribution is 2.35. The minimum Gasteiger partial charge on any atom is -0.381 e. The first-order chi connectivity index (χ1) is 4.93. The van der Waals surface area contributed by atoms with E-state index in [1.807, 2.05) is 0 Å². The van der Waals surface area contributed by atoms with Crippen molar-refractivity contribution in [3.8, 4) is 0 Å². The standard InChI is InChI=1S/C4H3BrF3N3/c5-1-2(4(6,7)8)10-11-3(1)9/h(H3,9,10,11). The van der Waals surface area contributed by atoms with Crippen molar-refractivity contribution in [2.24, 2.45) is 0 Å². The van der Waals surface area contributed by atoms with E-state index in [9.17, 15) is 13.2 Å². The molecular formula is C4H3BrF3N3. The number of aromatic nitrogens is 2. The smallest absolute Gasteiger partial charge is 0.381 e. The molecule has 11 heavy (non-hydrogen) atoms. The number of nitrogens with two attached hydrogens (primary N) is 1. The van der Waals surface area contributed by atoms with Gasteiger partial charge < -0.3 is 5.73 Å². The van der Waals surface area contributed by atoms with Crippen molar-refractivity contribution in [2.75, 3.05) is 5.73 Å². The van der Waals surface area contributed by atoms with Gasteiger partial charge in [-0.1, -0.05) is 0 Å². The molecule has 1 aromatic rings. The van der Waals surface area contributed by atoms with Crippen molar-refractivity contribution in [1.29, 1.82) is 0 Å². The number of anilines is 1. The van der Waals surface area contributed by atoms with Gasteiger partial charge in [0.15, 0.2) is 11.5 Å². The Balaban J connectivity index is 3.15. The van der Waals surface area contributed by atoms with Gasteiger partial charge >= 0.3 is 6.18 Å². The number of halogens is 4. The topological polar surface area (TPSA) is 54.7 Å². The average molecular weight is 230 g/mol. The van der Waals surface area contributed by atoms with Crippen LogP contribution in [0, 0.1) is 0 Å². The summed E-state index contributed by atoms with van der Waals surface area (Å²) >= 11 is 2.65. The second kappa shape index (κ2) is 2.40. The fourth-order valence-electron chi connectivity index (χ4n) is 0.530. The minimum atomic E-state index is -4.44. The maximum atomic E-state index is 11.9. The Kier molecular flexibility index (Phi) is 1.83. The van der Waals surface area contributed by atoms with Crippen LogP contribution >= 0.6 is 15.9 Å². The summed E-state index contributed by atoms with van der Waals surface area (Å²) in [7, 11) is 0. The van der Waals surface area contributed by atoms with Crippen molar-refractivity contribution in [3.63, 3.8) is 0 Å². The Morgan fingerprint density at radius 1 is 1.45 bits per heavy atom. The van der Waals surface area contributed by atoms with Gasteiger partial charge in [-0.2, -0.15) is 18.3 Å². The molecule has 0 fully saturated rings. The molecule has 7 heteroatoms. The monoisotopic (exact) mass is 229 g/mol. The Hall–Kier alpha value is -0.720. The summed E-state index contributed by atoms with van der Waals surface area (Å²) in [6, 6.07) is 0. The van der Waals surface area contributed by atoms with Crippen molar-refractivity contribution in [2.45, 2.75) is 6.18 Å². The Morgan fingerprint density at radius 2 is 2.00 bits per heavy atom. The fraction of sp³-hybridized carbons (Fsp3) is 0.250. The van der Waals surface area contributed by atoms with E-state index in [0.29, 0.717) is 0 Å². The molecule has 0 saturated heterocycles. The van der Waals surface area contributed by atoms with Crippen LogP contribution in [0.2, 0.25) is 0 Å². The lowest BCUT2D eigenvalue weighted by Gasteiger charge is -2.01. The van der Waals surface area contributed by atoms with Crippen LogP contribution in [0.25, 0.3) is 0 Å². The third-order valence-corrected chi connectivity index (χ3v) is 1.82. The number of nitrogens with one attached hydrogen (secondary N) is 1. The normalized spacial score (nSPS) is 12.0. The van der Waals surface area contributed by atoms with Gasteiger partial charge in [-0.3, -0.25) is 5.10 Å². The van der Waals surface area contributed by atoms with Gasteiger partial charge in [-0.25, -0.2) is 0 Å². The molecule has 0 aromatic carbocycles. The van der Waals surface area contributed by atoms with Crippen LogP contribution in [0.15, 0.2) is 4.47 Å². The van der Waals surface area contributed by atoms with Crippen LogP contribution < -0.4 is 5.73 Å². The lowest BCUT2D eigenvalue weighted by atomic mass is 10.4. The molecule has 0 bridgehead atoms.